The van der Waals surface area contributed by atoms with Crippen molar-refractivity contribution < 1.29 is 14.0 Å². The summed E-state index contributed by atoms with van der Waals surface area (Å²) in [4.78, 5) is 19.3. The van der Waals surface area contributed by atoms with Crippen LogP contribution in [0.4, 0.5) is 0 Å². The number of aromatic nitrogens is 1. The molecule has 0 aliphatic rings. The van der Waals surface area contributed by atoms with Gasteiger partial charge in [0, 0.05) is 7.05 Å². The standard InChI is InChI=1S/C6H8N2O3/c1-8(10-2)6(9)5-7-3-4-11-5/h3-4H,1-2H3. The smallest absolute Gasteiger partial charge is 0.332 e. The van der Waals surface area contributed by atoms with Crippen molar-refractivity contribution in [3.63, 3.8) is 0 Å². The Kier molecular flexibility index (Phi) is 2.22. The van der Waals surface area contributed by atoms with Crippen LogP contribution in [-0.2, 0) is 4.84 Å². The Morgan fingerprint density at radius 2 is 2.55 bits per heavy atom. The van der Waals surface area contributed by atoms with Crippen molar-refractivity contribution in [2.24, 2.45) is 0 Å². The van der Waals surface area contributed by atoms with E-state index in [4.69, 9.17) is 4.42 Å². The van der Waals surface area contributed by atoms with Crippen LogP contribution in [0.15, 0.2) is 16.9 Å². The average Bonchev–Trinajstić information content (AvgIpc) is 2.53. The van der Waals surface area contributed by atoms with Gasteiger partial charge < -0.3 is 4.42 Å². The maximum absolute atomic E-state index is 11.1. The topological polar surface area (TPSA) is 55.6 Å². The molecule has 1 amide bonds. The van der Waals surface area contributed by atoms with Gasteiger partial charge >= 0.3 is 5.91 Å². The molecule has 0 N–H and O–H groups in total. The molecule has 0 bridgehead atoms. The molecular formula is C6H8N2O3. The Morgan fingerprint density at radius 1 is 1.82 bits per heavy atom. The zero-order chi connectivity index (χ0) is 8.27. The molecule has 5 nitrogen and oxygen atoms in total. The Hall–Kier alpha value is -1.36. The molecule has 0 spiro atoms. The minimum Gasteiger partial charge on any atom is -0.441 e. The highest BCUT2D eigenvalue weighted by Gasteiger charge is 2.14. The van der Waals surface area contributed by atoms with Crippen molar-refractivity contribution in [1.29, 1.82) is 0 Å². The molecule has 0 aromatic carbocycles. The van der Waals surface area contributed by atoms with Crippen LogP contribution in [0.3, 0.4) is 0 Å². The molecule has 1 heterocycles. The molecule has 0 aliphatic carbocycles. The van der Waals surface area contributed by atoms with Crippen LogP contribution in [0, 0.1) is 0 Å². The Balaban J connectivity index is 2.70. The summed E-state index contributed by atoms with van der Waals surface area (Å²) in [5.74, 6) is -0.383. The minimum absolute atomic E-state index is 0.0225. The van der Waals surface area contributed by atoms with Crippen LogP contribution in [-0.4, -0.2) is 30.1 Å². The van der Waals surface area contributed by atoms with E-state index >= 15 is 0 Å². The average molecular weight is 156 g/mol. The van der Waals surface area contributed by atoms with Gasteiger partial charge in [-0.3, -0.25) is 9.63 Å². The van der Waals surface area contributed by atoms with Crippen LogP contribution in [0.2, 0.25) is 0 Å². The molecule has 1 aromatic rings. The highest BCUT2D eigenvalue weighted by molar-refractivity contribution is 5.88. The second kappa shape index (κ2) is 3.16. The number of hydrogen-bond donors (Lipinski definition) is 0. The summed E-state index contributed by atoms with van der Waals surface area (Å²) in [6.45, 7) is 0. The molecular weight excluding hydrogens is 148 g/mol. The second-order valence-electron chi connectivity index (χ2n) is 1.82. The lowest BCUT2D eigenvalue weighted by atomic mass is 10.6. The molecule has 0 saturated heterocycles. The van der Waals surface area contributed by atoms with E-state index in [-0.39, 0.29) is 5.89 Å². The lowest BCUT2D eigenvalue weighted by Crippen LogP contribution is -2.25. The highest BCUT2D eigenvalue weighted by atomic mass is 16.7. The van der Waals surface area contributed by atoms with E-state index in [1.165, 1.54) is 26.6 Å². The predicted molar refractivity (Wildman–Crippen MR) is 35.6 cm³/mol. The number of hydroxylamine groups is 2. The lowest BCUT2D eigenvalue weighted by Gasteiger charge is -2.09. The largest absolute Gasteiger partial charge is 0.441 e. The van der Waals surface area contributed by atoms with E-state index in [9.17, 15) is 4.79 Å². The van der Waals surface area contributed by atoms with Gasteiger partial charge in [-0.25, -0.2) is 10.0 Å². The van der Waals surface area contributed by atoms with E-state index < -0.39 is 5.91 Å². The SMILES string of the molecule is CON(C)C(=O)c1ncco1. The van der Waals surface area contributed by atoms with Gasteiger partial charge in [0.1, 0.15) is 6.26 Å². The second-order valence-corrected chi connectivity index (χ2v) is 1.82. The first kappa shape index (κ1) is 7.74. The van der Waals surface area contributed by atoms with E-state index in [0.29, 0.717) is 0 Å². The van der Waals surface area contributed by atoms with E-state index in [2.05, 4.69) is 9.82 Å². The summed E-state index contributed by atoms with van der Waals surface area (Å²) in [6.07, 6.45) is 2.73. The Bertz CT molecular complexity index is 232. The first-order chi connectivity index (χ1) is 5.25. The highest BCUT2D eigenvalue weighted by Crippen LogP contribution is 1.98. The van der Waals surface area contributed by atoms with E-state index in [1.807, 2.05) is 0 Å². The van der Waals surface area contributed by atoms with Gasteiger partial charge in [0.2, 0.25) is 0 Å². The molecule has 0 fully saturated rings. The first-order valence-electron chi connectivity index (χ1n) is 2.97. The van der Waals surface area contributed by atoms with Crippen LogP contribution in [0.25, 0.3) is 0 Å². The van der Waals surface area contributed by atoms with Crippen LogP contribution in [0.1, 0.15) is 10.7 Å². The Morgan fingerprint density at radius 3 is 3.00 bits per heavy atom. The third-order valence-corrected chi connectivity index (χ3v) is 1.18. The maximum Gasteiger partial charge on any atom is 0.332 e. The number of amides is 1. The summed E-state index contributed by atoms with van der Waals surface area (Å²) >= 11 is 0. The molecule has 11 heavy (non-hydrogen) atoms. The summed E-state index contributed by atoms with van der Waals surface area (Å²) in [7, 11) is 2.87. The summed E-state index contributed by atoms with van der Waals surface area (Å²) in [5.41, 5.74) is 0. The monoisotopic (exact) mass is 156 g/mol. The zero-order valence-corrected chi connectivity index (χ0v) is 6.27. The number of hydrogen-bond acceptors (Lipinski definition) is 4. The summed E-state index contributed by atoms with van der Waals surface area (Å²) in [5, 5.41) is 1.03. The Labute approximate surface area is 63.5 Å². The lowest BCUT2D eigenvalue weighted by molar-refractivity contribution is -0.0777. The number of carbonyl (C=O) groups is 1. The van der Waals surface area contributed by atoms with Gasteiger partial charge in [-0.2, -0.15) is 0 Å². The third kappa shape index (κ3) is 1.56. The molecule has 0 aliphatic heterocycles. The first-order valence-corrected chi connectivity index (χ1v) is 2.97. The molecule has 0 atom stereocenters. The fourth-order valence-corrected chi connectivity index (χ4v) is 0.547. The van der Waals surface area contributed by atoms with Crippen molar-refractivity contribution >= 4 is 5.91 Å². The molecule has 0 unspecified atom stereocenters. The normalized spacial score (nSPS) is 9.64. The van der Waals surface area contributed by atoms with Crippen molar-refractivity contribution in [1.82, 2.24) is 10.0 Å². The van der Waals surface area contributed by atoms with Crippen molar-refractivity contribution in [3.05, 3.63) is 18.4 Å². The van der Waals surface area contributed by atoms with Gasteiger partial charge in [0.15, 0.2) is 0 Å². The molecule has 0 saturated carbocycles. The number of rotatable bonds is 2. The van der Waals surface area contributed by atoms with Gasteiger partial charge in [0.25, 0.3) is 5.89 Å². The third-order valence-electron chi connectivity index (χ3n) is 1.18. The summed E-state index contributed by atoms with van der Waals surface area (Å²) < 4.78 is 4.74. The molecule has 5 heteroatoms. The fourth-order valence-electron chi connectivity index (χ4n) is 0.547. The quantitative estimate of drug-likeness (QED) is 0.578. The molecule has 0 radical (unpaired) electrons. The predicted octanol–water partition coefficient (Wildman–Crippen LogP) is 0.308. The van der Waals surface area contributed by atoms with Crippen LogP contribution < -0.4 is 0 Å². The van der Waals surface area contributed by atoms with E-state index in [1.54, 1.807) is 0 Å². The molecule has 1 aromatic heterocycles. The summed E-state index contributed by atoms with van der Waals surface area (Å²) in [6, 6.07) is 0. The van der Waals surface area contributed by atoms with E-state index in [0.717, 1.165) is 5.06 Å². The van der Waals surface area contributed by atoms with Gasteiger partial charge in [-0.1, -0.05) is 0 Å². The van der Waals surface area contributed by atoms with Crippen molar-refractivity contribution in [2.45, 2.75) is 0 Å². The number of oxazole rings is 1. The van der Waals surface area contributed by atoms with Gasteiger partial charge in [-0.15, -0.1) is 0 Å². The van der Waals surface area contributed by atoms with Crippen LogP contribution >= 0.6 is 0 Å². The zero-order valence-electron chi connectivity index (χ0n) is 6.27. The molecule has 1 rings (SSSR count). The van der Waals surface area contributed by atoms with Crippen LogP contribution in [0.5, 0.6) is 0 Å². The van der Waals surface area contributed by atoms with Crippen molar-refractivity contribution in [2.75, 3.05) is 14.2 Å². The van der Waals surface area contributed by atoms with Crippen molar-refractivity contribution in [3.8, 4) is 0 Å². The molecule has 60 valence electrons. The number of nitrogens with zero attached hydrogens (tertiary/aromatic N) is 2. The van der Waals surface area contributed by atoms with Gasteiger partial charge in [0.05, 0.1) is 13.3 Å². The number of carbonyl (C=O) groups excluding carboxylic acids is 1. The maximum atomic E-state index is 11.1. The minimum atomic E-state index is -0.405. The van der Waals surface area contributed by atoms with Gasteiger partial charge in [-0.05, 0) is 0 Å². The fraction of sp³-hybridized carbons (Fsp3) is 0.333.